The zero-order valence-electron chi connectivity index (χ0n) is 10.9. The molecule has 0 fully saturated rings. The number of phosphoric ester groups is 1. The molecule has 0 atom stereocenters. The van der Waals surface area contributed by atoms with Crippen molar-refractivity contribution >= 4 is 52.7 Å². The molecule has 8 heteroatoms. The van der Waals surface area contributed by atoms with Crippen LogP contribution in [-0.2, 0) is 18.1 Å². The second-order valence-corrected chi connectivity index (χ2v) is 6.57. The molecule has 1 aromatic rings. The highest BCUT2D eigenvalue weighted by Crippen LogP contribution is 2.53. The molecule has 0 unspecified atom stereocenters. The van der Waals surface area contributed by atoms with Crippen molar-refractivity contribution < 1.29 is 18.1 Å². The van der Waals surface area contributed by atoms with Crippen molar-refractivity contribution in [2.24, 2.45) is 0 Å². The molecule has 0 N–H and O–H groups in total. The summed E-state index contributed by atoms with van der Waals surface area (Å²) in [6.07, 6.45) is 0. The van der Waals surface area contributed by atoms with Crippen LogP contribution in [0.4, 0.5) is 0 Å². The number of hydrogen-bond acceptors (Lipinski definition) is 4. The molecule has 1 rings (SSSR count). The molecule has 0 radical (unpaired) electrons. The van der Waals surface area contributed by atoms with Crippen LogP contribution in [0.1, 0.15) is 19.4 Å². The summed E-state index contributed by atoms with van der Waals surface area (Å²) in [5.74, 6) is 0.167. The largest absolute Gasteiger partial charge is 0.530 e. The van der Waals surface area contributed by atoms with Gasteiger partial charge in [-0.25, -0.2) is 4.57 Å². The SMILES string of the molecule is CCOP(=O)(OCC)OC(=CCl)c1ccc(Cl)cc1Br. The quantitative estimate of drug-likeness (QED) is 0.424. The Labute approximate surface area is 136 Å². The molecule has 0 saturated carbocycles. The van der Waals surface area contributed by atoms with Crippen molar-refractivity contribution in [2.45, 2.75) is 13.8 Å². The average Bonchev–Trinajstić information content (AvgIpc) is 2.37. The van der Waals surface area contributed by atoms with E-state index in [1.807, 2.05) is 0 Å². The van der Waals surface area contributed by atoms with Gasteiger partial charge in [-0.05, 0) is 48.0 Å². The molecular formula is C12H14BrCl2O4P. The third kappa shape index (κ3) is 5.06. The van der Waals surface area contributed by atoms with Crippen molar-refractivity contribution in [2.75, 3.05) is 13.2 Å². The molecule has 20 heavy (non-hydrogen) atoms. The van der Waals surface area contributed by atoms with Crippen molar-refractivity contribution in [3.63, 3.8) is 0 Å². The van der Waals surface area contributed by atoms with Crippen LogP contribution in [0, 0.1) is 0 Å². The van der Waals surface area contributed by atoms with Crippen LogP contribution in [0.2, 0.25) is 5.02 Å². The van der Waals surface area contributed by atoms with E-state index in [4.69, 9.17) is 36.8 Å². The smallest absolute Gasteiger partial charge is 0.402 e. The summed E-state index contributed by atoms with van der Waals surface area (Å²) in [6, 6.07) is 5.02. The molecule has 0 aromatic heterocycles. The van der Waals surface area contributed by atoms with Gasteiger partial charge >= 0.3 is 7.82 Å². The number of halogens is 3. The van der Waals surface area contributed by atoms with Crippen LogP contribution in [0.5, 0.6) is 0 Å². The predicted molar refractivity (Wildman–Crippen MR) is 84.9 cm³/mol. The van der Waals surface area contributed by atoms with E-state index in [0.717, 1.165) is 0 Å². The van der Waals surface area contributed by atoms with Crippen LogP contribution in [0.3, 0.4) is 0 Å². The van der Waals surface area contributed by atoms with Crippen LogP contribution in [0.25, 0.3) is 5.76 Å². The average molecular weight is 404 g/mol. The third-order valence-corrected chi connectivity index (χ3v) is 4.74. The Morgan fingerprint density at radius 2 is 1.95 bits per heavy atom. The number of rotatable bonds is 7. The summed E-state index contributed by atoms with van der Waals surface area (Å²) in [5, 5.41) is 0.548. The van der Waals surface area contributed by atoms with Gasteiger partial charge in [0.2, 0.25) is 0 Å². The monoisotopic (exact) mass is 402 g/mol. The first kappa shape index (κ1) is 18.0. The molecule has 4 nitrogen and oxygen atoms in total. The summed E-state index contributed by atoms with van der Waals surface area (Å²) < 4.78 is 28.4. The van der Waals surface area contributed by atoms with Gasteiger partial charge < -0.3 is 4.52 Å². The maximum absolute atomic E-state index is 12.3. The lowest BCUT2D eigenvalue weighted by Gasteiger charge is -2.19. The van der Waals surface area contributed by atoms with E-state index >= 15 is 0 Å². The topological polar surface area (TPSA) is 44.8 Å². The first-order valence-electron chi connectivity index (χ1n) is 5.80. The van der Waals surface area contributed by atoms with Gasteiger partial charge in [-0.15, -0.1) is 0 Å². The van der Waals surface area contributed by atoms with Gasteiger partial charge in [-0.2, -0.15) is 0 Å². The van der Waals surface area contributed by atoms with Crippen molar-refractivity contribution in [3.05, 3.63) is 38.8 Å². The van der Waals surface area contributed by atoms with Gasteiger partial charge in [0.1, 0.15) is 0 Å². The molecule has 0 bridgehead atoms. The number of benzene rings is 1. The molecule has 0 aliphatic carbocycles. The van der Waals surface area contributed by atoms with Crippen molar-refractivity contribution in [1.29, 1.82) is 0 Å². The Morgan fingerprint density at radius 3 is 2.40 bits per heavy atom. The highest BCUT2D eigenvalue weighted by atomic mass is 79.9. The van der Waals surface area contributed by atoms with E-state index in [-0.39, 0.29) is 19.0 Å². The fourth-order valence-corrected chi connectivity index (χ4v) is 3.65. The van der Waals surface area contributed by atoms with Crippen LogP contribution in [0.15, 0.2) is 28.2 Å². The molecular weight excluding hydrogens is 390 g/mol. The van der Waals surface area contributed by atoms with E-state index in [0.29, 0.717) is 15.1 Å². The number of phosphoric acid groups is 1. The molecule has 112 valence electrons. The fraction of sp³-hybridized carbons (Fsp3) is 0.333. The van der Waals surface area contributed by atoms with Gasteiger partial charge in [0.15, 0.2) is 5.76 Å². The fourth-order valence-electron chi connectivity index (χ4n) is 1.34. The van der Waals surface area contributed by atoms with Gasteiger partial charge in [-0.1, -0.05) is 23.2 Å². The predicted octanol–water partition coefficient (Wildman–Crippen LogP) is 5.84. The first-order valence-corrected chi connectivity index (χ1v) is 8.87. The van der Waals surface area contributed by atoms with E-state index < -0.39 is 7.82 Å². The summed E-state index contributed by atoms with van der Waals surface area (Å²) in [6.45, 7) is 3.76. The van der Waals surface area contributed by atoms with Crippen molar-refractivity contribution in [3.8, 4) is 0 Å². The van der Waals surface area contributed by atoms with Gasteiger partial charge in [0.05, 0.1) is 13.2 Å². The molecule has 0 heterocycles. The zero-order chi connectivity index (χ0) is 15.2. The molecule has 0 aliphatic heterocycles. The maximum atomic E-state index is 12.3. The van der Waals surface area contributed by atoms with Gasteiger partial charge in [-0.3, -0.25) is 9.05 Å². The molecule has 0 aliphatic rings. The van der Waals surface area contributed by atoms with Crippen LogP contribution < -0.4 is 0 Å². The van der Waals surface area contributed by atoms with Gasteiger partial charge in [0, 0.05) is 20.6 Å². The lowest BCUT2D eigenvalue weighted by Crippen LogP contribution is -2.00. The zero-order valence-corrected chi connectivity index (χ0v) is 14.9. The van der Waals surface area contributed by atoms with E-state index in [9.17, 15) is 4.57 Å². The minimum absolute atomic E-state index is 0.167. The third-order valence-electron chi connectivity index (χ3n) is 2.08. The minimum atomic E-state index is -3.70. The van der Waals surface area contributed by atoms with E-state index in [1.165, 1.54) is 5.54 Å². The summed E-state index contributed by atoms with van der Waals surface area (Å²) >= 11 is 15.0. The molecule has 0 amide bonds. The lowest BCUT2D eigenvalue weighted by atomic mass is 10.2. The summed E-state index contributed by atoms with van der Waals surface area (Å²) in [5.41, 5.74) is 1.75. The Balaban J connectivity index is 3.05. The normalized spacial score (nSPS) is 12.6. The summed E-state index contributed by atoms with van der Waals surface area (Å²) in [7, 11) is -3.70. The highest BCUT2D eigenvalue weighted by molar-refractivity contribution is 9.10. The van der Waals surface area contributed by atoms with Crippen LogP contribution >= 0.6 is 47.0 Å². The lowest BCUT2D eigenvalue weighted by molar-refractivity contribution is 0.159. The van der Waals surface area contributed by atoms with Crippen LogP contribution in [-0.4, -0.2) is 13.2 Å². The Morgan fingerprint density at radius 1 is 1.35 bits per heavy atom. The standard InChI is InChI=1S/C12H14BrCl2O4P/c1-3-17-20(16,18-4-2)19-12(8-14)10-6-5-9(15)7-11(10)13/h5-8H,3-4H2,1-2H3. The van der Waals surface area contributed by atoms with Gasteiger partial charge in [0.25, 0.3) is 0 Å². The number of hydrogen-bond donors (Lipinski definition) is 0. The van der Waals surface area contributed by atoms with E-state index in [2.05, 4.69) is 15.9 Å². The minimum Gasteiger partial charge on any atom is -0.402 e. The second-order valence-electron chi connectivity index (χ2n) is 3.47. The molecule has 0 saturated heterocycles. The van der Waals surface area contributed by atoms with Crippen molar-refractivity contribution in [1.82, 2.24) is 0 Å². The highest BCUT2D eigenvalue weighted by Gasteiger charge is 2.29. The Bertz CT molecular complexity index is 526. The molecule has 1 aromatic carbocycles. The summed E-state index contributed by atoms with van der Waals surface area (Å²) in [4.78, 5) is 0. The maximum Gasteiger partial charge on any atom is 0.530 e. The Hall–Kier alpha value is -0.0300. The van der Waals surface area contributed by atoms with E-state index in [1.54, 1.807) is 32.0 Å². The molecule has 0 spiro atoms. The Kier molecular flexibility index (Phi) is 7.59. The second kappa shape index (κ2) is 8.42. The first-order chi connectivity index (χ1) is 9.45.